The Morgan fingerprint density at radius 3 is 2.08 bits per heavy atom. The first-order valence-electron chi connectivity index (χ1n) is 18.7. The summed E-state index contributed by atoms with van der Waals surface area (Å²) in [7, 11) is -3.45. The predicted octanol–water partition coefficient (Wildman–Crippen LogP) is 7.84. The van der Waals surface area contributed by atoms with E-state index in [2.05, 4.69) is 17.6 Å². The Balaban J connectivity index is 1.63. The third kappa shape index (κ3) is 14.1. The molecule has 53 heavy (non-hydrogen) atoms. The van der Waals surface area contributed by atoms with Gasteiger partial charge < -0.3 is 15.7 Å². The van der Waals surface area contributed by atoms with Crippen LogP contribution in [0.4, 0.5) is 11.4 Å². The van der Waals surface area contributed by atoms with Crippen molar-refractivity contribution in [3.05, 3.63) is 75.8 Å². The lowest BCUT2D eigenvalue weighted by Crippen LogP contribution is -2.41. The van der Waals surface area contributed by atoms with Gasteiger partial charge in [-0.25, -0.2) is 13.2 Å². The fourth-order valence-corrected chi connectivity index (χ4v) is 7.99. The quantitative estimate of drug-likeness (QED) is 0.0694. The number of carbonyl (C=O) groups is 3. The molecule has 0 saturated heterocycles. The van der Waals surface area contributed by atoms with Crippen LogP contribution in [-0.2, 0) is 37.3 Å². The molecule has 0 bridgehead atoms. The van der Waals surface area contributed by atoms with Crippen molar-refractivity contribution in [1.82, 2.24) is 9.13 Å². The van der Waals surface area contributed by atoms with Crippen LogP contribution in [0.15, 0.2) is 59.5 Å². The van der Waals surface area contributed by atoms with Crippen molar-refractivity contribution >= 4 is 50.4 Å². The topological polar surface area (TPSA) is 157 Å². The number of imidazole rings is 1. The molecule has 11 nitrogen and oxygen atoms in total. The van der Waals surface area contributed by atoms with Gasteiger partial charge in [0.05, 0.1) is 35.0 Å². The van der Waals surface area contributed by atoms with E-state index in [-0.39, 0.29) is 34.4 Å². The van der Waals surface area contributed by atoms with E-state index in [1.165, 1.54) is 67.5 Å². The Hall–Kier alpha value is -3.90. The molecule has 13 heteroatoms. The Morgan fingerprint density at radius 2 is 1.47 bits per heavy atom. The summed E-state index contributed by atoms with van der Waals surface area (Å²) in [5, 5.41) is 16.2. The number of Topliss-reactive ketones (excluding diaryl/α,β-unsaturated/α-hetero) is 1. The van der Waals surface area contributed by atoms with Crippen LogP contribution in [0.5, 0.6) is 5.88 Å². The van der Waals surface area contributed by atoms with Crippen LogP contribution in [0.1, 0.15) is 104 Å². The molecule has 2 atom stereocenters. The lowest BCUT2D eigenvalue weighted by molar-refractivity contribution is -0.137. The van der Waals surface area contributed by atoms with E-state index in [4.69, 9.17) is 11.6 Å². The number of carbonyl (C=O) groups excluding carboxylic acids is 3. The number of aromatic nitrogens is 2. The average Bonchev–Trinajstić information content (AvgIpc) is 3.35. The Morgan fingerprint density at radius 1 is 0.868 bits per heavy atom. The minimum atomic E-state index is -3.45. The van der Waals surface area contributed by atoms with Crippen molar-refractivity contribution in [3.8, 4) is 5.88 Å². The number of rotatable bonds is 22. The zero-order valence-corrected chi connectivity index (χ0v) is 33.4. The molecule has 2 amide bonds. The lowest BCUT2D eigenvalue weighted by atomic mass is 9.82. The molecule has 0 fully saturated rings. The van der Waals surface area contributed by atoms with Crippen LogP contribution >= 0.6 is 11.6 Å². The molecule has 0 spiro atoms. The number of sulfone groups is 1. The van der Waals surface area contributed by atoms with Crippen LogP contribution in [0.2, 0.25) is 5.02 Å². The fourth-order valence-electron chi connectivity index (χ4n) is 6.11. The summed E-state index contributed by atoms with van der Waals surface area (Å²) >= 11 is 6.42. The number of benzene rings is 2. The molecular weight excluding hydrogens is 716 g/mol. The second-order valence-electron chi connectivity index (χ2n) is 15.0. The number of nitrogens with zero attached hydrogens (tertiary/aromatic N) is 2. The first-order chi connectivity index (χ1) is 25.0. The summed E-state index contributed by atoms with van der Waals surface area (Å²) < 4.78 is 27.9. The van der Waals surface area contributed by atoms with Crippen LogP contribution < -0.4 is 16.3 Å². The van der Waals surface area contributed by atoms with Gasteiger partial charge in [-0.15, -0.1) is 0 Å². The maximum Gasteiger partial charge on any atom is 0.331 e. The first kappa shape index (κ1) is 43.5. The highest BCUT2D eigenvalue weighted by atomic mass is 35.5. The zero-order valence-electron chi connectivity index (χ0n) is 31.8. The predicted molar refractivity (Wildman–Crippen MR) is 212 cm³/mol. The largest absolute Gasteiger partial charge is 0.493 e. The molecule has 292 valence electrons. The summed E-state index contributed by atoms with van der Waals surface area (Å²) in [5.74, 6) is -4.60. The molecule has 0 aliphatic carbocycles. The van der Waals surface area contributed by atoms with Crippen molar-refractivity contribution < 1.29 is 27.9 Å². The highest BCUT2D eigenvalue weighted by molar-refractivity contribution is 7.91. The van der Waals surface area contributed by atoms with Gasteiger partial charge in [0.1, 0.15) is 5.92 Å². The monoisotopic (exact) mass is 772 g/mol. The second-order valence-corrected chi connectivity index (χ2v) is 17.7. The van der Waals surface area contributed by atoms with E-state index in [1.807, 2.05) is 30.3 Å². The van der Waals surface area contributed by atoms with Crippen LogP contribution in [-0.4, -0.2) is 51.8 Å². The Kier molecular flexibility index (Phi) is 16.8. The molecule has 0 radical (unpaired) electrons. The maximum atomic E-state index is 13.7. The molecule has 3 aromatic rings. The van der Waals surface area contributed by atoms with Gasteiger partial charge in [0, 0.05) is 23.6 Å². The van der Waals surface area contributed by atoms with Crippen molar-refractivity contribution in [2.75, 3.05) is 22.1 Å². The minimum Gasteiger partial charge on any atom is -0.493 e. The third-order valence-corrected chi connectivity index (χ3v) is 11.5. The number of amides is 2. The van der Waals surface area contributed by atoms with Crippen LogP contribution in [0.3, 0.4) is 0 Å². The number of anilines is 2. The summed E-state index contributed by atoms with van der Waals surface area (Å²) in [6, 6.07) is 13.6. The molecule has 3 N–H and O–H groups in total. The molecule has 2 unspecified atom stereocenters. The highest BCUT2D eigenvalue weighted by Gasteiger charge is 2.36. The molecule has 0 aliphatic rings. The highest BCUT2D eigenvalue weighted by Crippen LogP contribution is 2.29. The van der Waals surface area contributed by atoms with Crippen molar-refractivity contribution in [2.45, 2.75) is 112 Å². The van der Waals surface area contributed by atoms with Crippen molar-refractivity contribution in [3.63, 3.8) is 0 Å². The minimum absolute atomic E-state index is 0.0361. The SMILES string of the molecule is CCCCCCCCCCCCS(=O)(=O)CC(C)C(=O)Nc1ccc(Cl)c(NC(=O)C(Cn2c(O)cn(Cc3ccccc3)c2=O)C(=O)C(C)(C)C)c1. The maximum absolute atomic E-state index is 13.7. The smallest absolute Gasteiger partial charge is 0.331 e. The van der Waals surface area contributed by atoms with Gasteiger partial charge in [-0.2, -0.15) is 0 Å². The first-order valence-corrected chi connectivity index (χ1v) is 20.9. The molecule has 1 aromatic heterocycles. The molecule has 3 rings (SSSR count). The van der Waals surface area contributed by atoms with Gasteiger partial charge in [0.2, 0.25) is 17.7 Å². The summed E-state index contributed by atoms with van der Waals surface area (Å²) in [6.07, 6.45) is 12.2. The van der Waals surface area contributed by atoms with Gasteiger partial charge >= 0.3 is 5.69 Å². The van der Waals surface area contributed by atoms with Crippen LogP contribution in [0, 0.1) is 17.3 Å². The number of halogens is 1. The standard InChI is InChI=1S/C40H57ClN4O7S/c1-6-7-8-9-10-11-12-13-14-18-23-53(51,52)28-29(2)37(48)42-31-21-22-33(41)34(24-31)43-38(49)32(36(47)40(3,4)5)26-45-35(46)27-44(39(45)50)25-30-19-16-15-17-20-30/h15-17,19-22,24,27,29,32,46H,6-14,18,23,25-26,28H2,1-5H3,(H,42,48)(H,43,49). The molecule has 1 heterocycles. The summed E-state index contributed by atoms with van der Waals surface area (Å²) in [4.78, 5) is 53.6. The Labute approximate surface area is 319 Å². The number of ketones is 1. The van der Waals surface area contributed by atoms with E-state index < -0.39 is 62.8 Å². The summed E-state index contributed by atoms with van der Waals surface area (Å²) in [6.45, 7) is 8.47. The van der Waals surface area contributed by atoms with Crippen LogP contribution in [0.25, 0.3) is 0 Å². The molecule has 2 aromatic carbocycles. The van der Waals surface area contributed by atoms with Gasteiger partial charge in [-0.1, -0.05) is 134 Å². The normalized spacial score (nSPS) is 13.0. The molecular formula is C40H57ClN4O7S. The zero-order chi connectivity index (χ0) is 39.2. The number of nitrogens with one attached hydrogen (secondary N) is 2. The van der Waals surface area contributed by atoms with Crippen molar-refractivity contribution in [2.24, 2.45) is 17.3 Å². The fraction of sp³-hybridized carbons (Fsp3) is 0.550. The molecule has 0 saturated carbocycles. The van der Waals surface area contributed by atoms with E-state index in [1.54, 1.807) is 27.7 Å². The third-order valence-electron chi connectivity index (χ3n) is 9.21. The number of hydrogen-bond acceptors (Lipinski definition) is 7. The van der Waals surface area contributed by atoms with Gasteiger partial charge in [0.25, 0.3) is 0 Å². The molecule has 0 aliphatic heterocycles. The number of aromatic hydroxyl groups is 1. The van der Waals surface area contributed by atoms with E-state index in [0.717, 1.165) is 29.4 Å². The van der Waals surface area contributed by atoms with E-state index in [9.17, 15) is 32.7 Å². The number of unbranched alkanes of at least 4 members (excludes halogenated alkanes) is 9. The van der Waals surface area contributed by atoms with E-state index >= 15 is 0 Å². The van der Waals surface area contributed by atoms with E-state index in [0.29, 0.717) is 6.42 Å². The second kappa shape index (κ2) is 20.5. The van der Waals surface area contributed by atoms with Crippen molar-refractivity contribution in [1.29, 1.82) is 0 Å². The van der Waals surface area contributed by atoms with Gasteiger partial charge in [-0.05, 0) is 30.2 Å². The van der Waals surface area contributed by atoms with Gasteiger partial charge in [-0.3, -0.25) is 23.5 Å². The lowest BCUT2D eigenvalue weighted by Gasteiger charge is -2.24. The Bertz CT molecular complexity index is 1830. The summed E-state index contributed by atoms with van der Waals surface area (Å²) in [5.41, 5.74) is -0.376. The number of hydrogen-bond donors (Lipinski definition) is 3. The average molecular weight is 773 g/mol. The van der Waals surface area contributed by atoms with Gasteiger partial charge in [0.15, 0.2) is 15.6 Å².